The van der Waals surface area contributed by atoms with Crippen LogP contribution in [0, 0.1) is 6.92 Å². The molecule has 0 saturated carbocycles. The summed E-state index contributed by atoms with van der Waals surface area (Å²) in [6, 6.07) is 27.0. The van der Waals surface area contributed by atoms with Gasteiger partial charge in [-0.2, -0.15) is 0 Å². The van der Waals surface area contributed by atoms with Crippen LogP contribution in [0.5, 0.6) is 0 Å². The number of anilines is 2. The van der Waals surface area contributed by atoms with E-state index in [-0.39, 0.29) is 11.7 Å². The third-order valence-corrected chi connectivity index (χ3v) is 10.8. The molecule has 0 aliphatic carbocycles. The summed E-state index contributed by atoms with van der Waals surface area (Å²) >= 11 is 6.64. The molecule has 1 saturated heterocycles. The van der Waals surface area contributed by atoms with E-state index in [1.807, 2.05) is 41.5 Å². The maximum Gasteiger partial charge on any atom is 0.374 e. The Balaban J connectivity index is 1.26. The number of hydrogen-bond acceptors (Lipinski definition) is 8. The summed E-state index contributed by atoms with van der Waals surface area (Å²) in [6.07, 6.45) is 0.870. The van der Waals surface area contributed by atoms with Crippen molar-refractivity contribution in [1.29, 1.82) is 0 Å². The van der Waals surface area contributed by atoms with Gasteiger partial charge >= 0.3 is 5.97 Å². The Bertz CT molecular complexity index is 1800. The lowest BCUT2D eigenvalue weighted by Crippen LogP contribution is -2.49. The number of aryl methyl sites for hydroxylation is 1. The smallest absolute Gasteiger partial charge is 0.374 e. The first-order chi connectivity index (χ1) is 21.9. The zero-order chi connectivity index (χ0) is 31.3. The summed E-state index contributed by atoms with van der Waals surface area (Å²) in [4.78, 5) is 31.7. The van der Waals surface area contributed by atoms with Crippen LogP contribution in [0.1, 0.15) is 38.3 Å². The topological polar surface area (TPSA) is 66.2 Å². The molecule has 0 atom stereocenters. The average molecular weight is 705 g/mol. The van der Waals surface area contributed by atoms with Crippen molar-refractivity contribution in [3.63, 3.8) is 0 Å². The number of piperazine rings is 1. The zero-order valence-corrected chi connectivity index (χ0v) is 28.4. The van der Waals surface area contributed by atoms with E-state index in [9.17, 15) is 9.59 Å². The number of fused-ring (bicyclic) bond motifs is 1. The first-order valence-electron chi connectivity index (χ1n) is 15.0. The van der Waals surface area contributed by atoms with E-state index in [0.29, 0.717) is 25.3 Å². The van der Waals surface area contributed by atoms with Gasteiger partial charge in [-0.25, -0.2) is 4.79 Å². The SMILES string of the molecule is CCOC(=O)c1oc2cc(SN(CCc3ccccc3)c3ccccc3N3CCN(C(=O)c4sccc4Br)CC3)ccc2c1C. The molecule has 0 bridgehead atoms. The van der Waals surface area contributed by atoms with Crippen LogP contribution >= 0.6 is 39.2 Å². The number of esters is 1. The standard InChI is InChI=1S/C35H34BrN3O4S2/c1-3-42-35(41)32-24(2)27-14-13-26(23-31(27)43-32)45-39(17-15-25-9-5-4-6-10-25)30-12-8-7-11-29(30)37-18-20-38(21-19-37)34(40)33-28(36)16-22-44-33/h4-14,16,22-23H,3,15,17-21H2,1-2H3. The summed E-state index contributed by atoms with van der Waals surface area (Å²) in [5, 5.41) is 2.84. The maximum absolute atomic E-state index is 13.2. The van der Waals surface area contributed by atoms with Gasteiger partial charge in [0.2, 0.25) is 5.76 Å². The molecule has 0 spiro atoms. The maximum atomic E-state index is 13.2. The number of hydrogen-bond donors (Lipinski definition) is 0. The predicted molar refractivity (Wildman–Crippen MR) is 187 cm³/mol. The Morgan fingerprint density at radius 1 is 1.00 bits per heavy atom. The van der Waals surface area contributed by atoms with Crippen LogP contribution in [0.25, 0.3) is 11.0 Å². The lowest BCUT2D eigenvalue weighted by Gasteiger charge is -2.38. The molecule has 2 aromatic heterocycles. The minimum Gasteiger partial charge on any atom is -0.460 e. The summed E-state index contributed by atoms with van der Waals surface area (Å²) in [6.45, 7) is 7.56. The average Bonchev–Trinajstić information content (AvgIpc) is 3.65. The van der Waals surface area contributed by atoms with Crippen molar-refractivity contribution >= 4 is 73.4 Å². The summed E-state index contributed by atoms with van der Waals surface area (Å²) in [7, 11) is 0. The minimum absolute atomic E-state index is 0.0829. The van der Waals surface area contributed by atoms with Crippen molar-refractivity contribution in [3.05, 3.63) is 110 Å². The Morgan fingerprint density at radius 2 is 1.76 bits per heavy atom. The van der Waals surface area contributed by atoms with E-state index < -0.39 is 5.97 Å². The second kappa shape index (κ2) is 14.1. The first kappa shape index (κ1) is 31.3. The van der Waals surface area contributed by atoms with Crippen LogP contribution in [-0.2, 0) is 11.2 Å². The number of thiophene rings is 1. The molecule has 1 fully saturated rings. The van der Waals surface area contributed by atoms with Gasteiger partial charge in [-0.15, -0.1) is 11.3 Å². The Morgan fingerprint density at radius 3 is 2.49 bits per heavy atom. The van der Waals surface area contributed by atoms with Gasteiger partial charge in [0.25, 0.3) is 5.91 Å². The van der Waals surface area contributed by atoms with Crippen molar-refractivity contribution in [3.8, 4) is 0 Å². The highest BCUT2D eigenvalue weighted by Gasteiger charge is 2.27. The molecule has 7 nitrogen and oxygen atoms in total. The van der Waals surface area contributed by atoms with Crippen molar-refractivity contribution in [2.45, 2.75) is 25.2 Å². The molecule has 0 unspecified atom stereocenters. The van der Waals surface area contributed by atoms with Crippen LogP contribution < -0.4 is 9.21 Å². The van der Waals surface area contributed by atoms with Gasteiger partial charge in [-0.1, -0.05) is 42.5 Å². The Hall–Kier alpha value is -3.73. The molecule has 5 aromatic rings. The van der Waals surface area contributed by atoms with Gasteiger partial charge in [0.1, 0.15) is 10.5 Å². The molecule has 1 aliphatic heterocycles. The minimum atomic E-state index is -0.441. The van der Waals surface area contributed by atoms with E-state index in [2.05, 4.69) is 79.7 Å². The predicted octanol–water partition coefficient (Wildman–Crippen LogP) is 8.46. The molecule has 3 heterocycles. The molecule has 1 amide bonds. The van der Waals surface area contributed by atoms with Gasteiger partial charge in [0, 0.05) is 53.0 Å². The molecule has 0 radical (unpaired) electrons. The van der Waals surface area contributed by atoms with Crippen molar-refractivity contribution in [2.24, 2.45) is 0 Å². The normalized spacial score (nSPS) is 13.3. The lowest BCUT2D eigenvalue weighted by molar-refractivity contribution is 0.0491. The highest BCUT2D eigenvalue weighted by Crippen LogP contribution is 2.39. The zero-order valence-electron chi connectivity index (χ0n) is 25.2. The molecule has 6 rings (SSSR count). The van der Waals surface area contributed by atoms with Gasteiger partial charge in [0.05, 0.1) is 18.0 Å². The monoisotopic (exact) mass is 703 g/mol. The van der Waals surface area contributed by atoms with Crippen molar-refractivity contribution < 1.29 is 18.7 Å². The molecule has 0 N–H and O–H groups in total. The van der Waals surface area contributed by atoms with E-state index >= 15 is 0 Å². The lowest BCUT2D eigenvalue weighted by atomic mass is 10.1. The molecular weight excluding hydrogens is 670 g/mol. The fourth-order valence-electron chi connectivity index (χ4n) is 5.55. The highest BCUT2D eigenvalue weighted by molar-refractivity contribution is 9.10. The number of carbonyl (C=O) groups excluding carboxylic acids is 2. The Labute approximate surface area is 280 Å². The fraction of sp³-hybridized carbons (Fsp3) is 0.257. The molecule has 1 aliphatic rings. The summed E-state index contributed by atoms with van der Waals surface area (Å²) < 4.78 is 14.4. The number of amides is 1. The summed E-state index contributed by atoms with van der Waals surface area (Å²) in [5.41, 5.74) is 4.97. The number of carbonyl (C=O) groups is 2. The number of ether oxygens (including phenoxy) is 1. The second-order valence-electron chi connectivity index (χ2n) is 10.7. The number of para-hydroxylation sites is 2. The molecule has 232 valence electrons. The van der Waals surface area contributed by atoms with E-state index in [1.54, 1.807) is 18.9 Å². The fourth-order valence-corrected chi connectivity index (χ4v) is 8.04. The first-order valence-corrected chi connectivity index (χ1v) is 17.4. The molecular formula is C35H34BrN3O4S2. The molecule has 3 aromatic carbocycles. The Kier molecular flexibility index (Phi) is 9.82. The number of furan rings is 1. The van der Waals surface area contributed by atoms with E-state index in [0.717, 1.165) is 62.6 Å². The molecule has 10 heteroatoms. The summed E-state index contributed by atoms with van der Waals surface area (Å²) in [5.74, 6) is -0.104. The van der Waals surface area contributed by atoms with E-state index in [1.165, 1.54) is 16.9 Å². The number of halogens is 1. The highest BCUT2D eigenvalue weighted by atomic mass is 79.9. The number of benzene rings is 3. The van der Waals surface area contributed by atoms with E-state index in [4.69, 9.17) is 9.15 Å². The van der Waals surface area contributed by atoms with Gasteiger partial charge in [-0.05, 0) is 95.5 Å². The second-order valence-corrected chi connectivity index (χ2v) is 13.6. The van der Waals surface area contributed by atoms with Crippen LogP contribution in [-0.4, -0.2) is 56.1 Å². The van der Waals surface area contributed by atoms with Gasteiger partial charge < -0.3 is 23.3 Å². The number of rotatable bonds is 10. The van der Waals surface area contributed by atoms with Crippen LogP contribution in [0.3, 0.4) is 0 Å². The van der Waals surface area contributed by atoms with Gasteiger partial charge in [-0.3, -0.25) is 4.79 Å². The third-order valence-electron chi connectivity index (χ3n) is 7.90. The van der Waals surface area contributed by atoms with Crippen molar-refractivity contribution in [1.82, 2.24) is 4.90 Å². The van der Waals surface area contributed by atoms with Crippen LogP contribution in [0.2, 0.25) is 0 Å². The van der Waals surface area contributed by atoms with Crippen molar-refractivity contribution in [2.75, 3.05) is 48.5 Å². The number of nitrogens with zero attached hydrogens (tertiary/aromatic N) is 3. The molecule has 45 heavy (non-hydrogen) atoms. The largest absolute Gasteiger partial charge is 0.460 e. The van der Waals surface area contributed by atoms with Gasteiger partial charge in [0.15, 0.2) is 0 Å². The van der Waals surface area contributed by atoms with Crippen LogP contribution in [0.15, 0.2) is 98.0 Å². The third kappa shape index (κ3) is 6.93. The quantitative estimate of drug-likeness (QED) is 0.107. The van der Waals surface area contributed by atoms with Crippen LogP contribution in [0.4, 0.5) is 11.4 Å².